The molecule has 2 heterocycles. The predicted molar refractivity (Wildman–Crippen MR) is 55.7 cm³/mol. The van der Waals surface area contributed by atoms with E-state index in [0.717, 1.165) is 9.75 Å². The fourth-order valence-corrected chi connectivity index (χ4v) is 1.88. The topological polar surface area (TPSA) is 43.6 Å². The van der Waals surface area contributed by atoms with E-state index in [-0.39, 0.29) is 0 Å². The molecule has 0 bridgehead atoms. The second kappa shape index (κ2) is 3.57. The maximum absolute atomic E-state index is 4.11. The molecule has 0 atom stereocenters. The minimum atomic E-state index is 0.654. The van der Waals surface area contributed by atoms with Gasteiger partial charge in [-0.2, -0.15) is 4.80 Å². The van der Waals surface area contributed by atoms with Crippen LogP contribution in [0.4, 0.5) is 0 Å². The molecule has 0 aromatic carbocycles. The Bertz CT molecular complexity index is 490. The molecule has 0 aliphatic heterocycles. The summed E-state index contributed by atoms with van der Waals surface area (Å²) in [5, 5.41) is 11.8. The summed E-state index contributed by atoms with van der Waals surface area (Å²) in [5.41, 5.74) is 2.73. The smallest absolute Gasteiger partial charge is 0.167 e. The fraction of sp³-hybridized carbons (Fsp3) is 0.111. The Morgan fingerprint density at radius 2 is 2.43 bits per heavy atom. The fourth-order valence-electron chi connectivity index (χ4n) is 1.03. The second-order valence-electron chi connectivity index (χ2n) is 2.65. The summed E-state index contributed by atoms with van der Waals surface area (Å²) in [6.07, 6.45) is 1.82. The lowest BCUT2D eigenvalue weighted by atomic mass is 10.4. The lowest BCUT2D eigenvalue weighted by molar-refractivity contribution is 0.630. The standard InChI is InChI=1S/C9H8N4S/c1-3-4-7-5-6-8(14-7)9-10-12-13(2)11-9/h4-6H,1H2,2H3. The third-order valence-electron chi connectivity index (χ3n) is 1.60. The maximum Gasteiger partial charge on any atom is 0.214 e. The first-order valence-electron chi connectivity index (χ1n) is 3.99. The Morgan fingerprint density at radius 1 is 1.57 bits per heavy atom. The number of hydrogen-bond acceptors (Lipinski definition) is 4. The minimum Gasteiger partial charge on any atom is -0.167 e. The first-order valence-corrected chi connectivity index (χ1v) is 4.81. The number of aromatic nitrogens is 4. The molecule has 0 aliphatic carbocycles. The Hall–Kier alpha value is -1.71. The van der Waals surface area contributed by atoms with Crippen molar-refractivity contribution in [2.75, 3.05) is 0 Å². The van der Waals surface area contributed by atoms with Gasteiger partial charge in [-0.1, -0.05) is 6.58 Å². The Labute approximate surface area is 85.2 Å². The molecule has 0 unspecified atom stereocenters. The van der Waals surface area contributed by atoms with Crippen LogP contribution in [0.1, 0.15) is 4.88 Å². The molecule has 0 N–H and O–H groups in total. The van der Waals surface area contributed by atoms with Crippen LogP contribution in [0.15, 0.2) is 24.4 Å². The molecule has 0 amide bonds. The molecule has 0 saturated heterocycles. The maximum atomic E-state index is 4.11. The van der Waals surface area contributed by atoms with Crippen molar-refractivity contribution in [1.82, 2.24) is 20.2 Å². The first kappa shape index (κ1) is 8.87. The number of rotatable bonds is 2. The molecule has 0 aliphatic rings. The van der Waals surface area contributed by atoms with Crippen LogP contribution in [0, 0.1) is 0 Å². The van der Waals surface area contributed by atoms with Gasteiger partial charge in [0.2, 0.25) is 5.82 Å². The van der Waals surface area contributed by atoms with Crippen molar-refractivity contribution < 1.29 is 0 Å². The van der Waals surface area contributed by atoms with Gasteiger partial charge in [-0.3, -0.25) is 0 Å². The van der Waals surface area contributed by atoms with E-state index in [9.17, 15) is 0 Å². The molecule has 2 rings (SSSR count). The summed E-state index contributed by atoms with van der Waals surface area (Å²) < 4.78 is 0. The van der Waals surface area contributed by atoms with Crippen LogP contribution in [0.2, 0.25) is 0 Å². The van der Waals surface area contributed by atoms with Crippen molar-refractivity contribution in [2.24, 2.45) is 7.05 Å². The van der Waals surface area contributed by atoms with Gasteiger partial charge in [0.15, 0.2) is 0 Å². The number of tetrazole rings is 1. The number of aryl methyl sites for hydroxylation is 1. The van der Waals surface area contributed by atoms with Gasteiger partial charge in [0.25, 0.3) is 0 Å². The molecule has 0 fully saturated rings. The molecule has 2 aromatic heterocycles. The largest absolute Gasteiger partial charge is 0.214 e. The molecule has 70 valence electrons. The molecule has 2 aromatic rings. The van der Waals surface area contributed by atoms with Crippen molar-refractivity contribution in [3.8, 4) is 10.7 Å². The van der Waals surface area contributed by atoms with E-state index in [0.29, 0.717) is 5.82 Å². The highest BCUT2D eigenvalue weighted by Gasteiger charge is 2.06. The van der Waals surface area contributed by atoms with E-state index >= 15 is 0 Å². The SMILES string of the molecule is C=C=Cc1ccc(-c2nnn(C)n2)s1. The Morgan fingerprint density at radius 3 is 3.07 bits per heavy atom. The predicted octanol–water partition coefficient (Wildman–Crippen LogP) is 1.74. The van der Waals surface area contributed by atoms with E-state index in [1.165, 1.54) is 4.80 Å². The Balaban J connectivity index is 2.37. The summed E-state index contributed by atoms with van der Waals surface area (Å²) in [6.45, 7) is 3.52. The van der Waals surface area contributed by atoms with E-state index in [2.05, 4.69) is 27.7 Å². The van der Waals surface area contributed by atoms with Gasteiger partial charge >= 0.3 is 0 Å². The molecule has 4 nitrogen and oxygen atoms in total. The van der Waals surface area contributed by atoms with Crippen molar-refractivity contribution >= 4 is 17.4 Å². The second-order valence-corrected chi connectivity index (χ2v) is 3.77. The lowest BCUT2D eigenvalue weighted by Crippen LogP contribution is -1.91. The van der Waals surface area contributed by atoms with Crippen LogP contribution < -0.4 is 0 Å². The van der Waals surface area contributed by atoms with Gasteiger partial charge < -0.3 is 0 Å². The molecule has 5 heteroatoms. The highest BCUT2D eigenvalue weighted by molar-refractivity contribution is 7.16. The molecular formula is C9H8N4S. The van der Waals surface area contributed by atoms with Crippen molar-refractivity contribution in [1.29, 1.82) is 0 Å². The van der Waals surface area contributed by atoms with Crippen molar-refractivity contribution in [3.63, 3.8) is 0 Å². The normalized spacial score (nSPS) is 9.79. The van der Waals surface area contributed by atoms with E-state index in [4.69, 9.17) is 0 Å². The molecule has 0 saturated carbocycles. The van der Waals surface area contributed by atoms with Crippen LogP contribution in [0.25, 0.3) is 16.8 Å². The number of hydrogen-bond donors (Lipinski definition) is 0. The number of thiophene rings is 1. The summed E-state index contributed by atoms with van der Waals surface area (Å²) in [5.74, 6) is 0.654. The van der Waals surface area contributed by atoms with Crippen LogP contribution >= 0.6 is 11.3 Å². The molecule has 0 spiro atoms. The average molecular weight is 204 g/mol. The highest BCUT2D eigenvalue weighted by atomic mass is 32.1. The average Bonchev–Trinajstić information content (AvgIpc) is 2.74. The molecular weight excluding hydrogens is 196 g/mol. The van der Waals surface area contributed by atoms with Gasteiger partial charge in [0, 0.05) is 4.88 Å². The van der Waals surface area contributed by atoms with E-state index in [1.54, 1.807) is 18.4 Å². The van der Waals surface area contributed by atoms with Gasteiger partial charge in [0.1, 0.15) is 0 Å². The van der Waals surface area contributed by atoms with Crippen molar-refractivity contribution in [3.05, 3.63) is 29.3 Å². The summed E-state index contributed by atoms with van der Waals surface area (Å²) in [7, 11) is 1.74. The van der Waals surface area contributed by atoms with Crippen LogP contribution in [0.5, 0.6) is 0 Å². The zero-order chi connectivity index (χ0) is 9.97. The van der Waals surface area contributed by atoms with Crippen LogP contribution in [0.3, 0.4) is 0 Å². The van der Waals surface area contributed by atoms with E-state index in [1.807, 2.05) is 18.2 Å². The Kier molecular flexibility index (Phi) is 2.26. The summed E-state index contributed by atoms with van der Waals surface area (Å²) in [4.78, 5) is 3.53. The molecule has 14 heavy (non-hydrogen) atoms. The van der Waals surface area contributed by atoms with Crippen molar-refractivity contribution in [2.45, 2.75) is 0 Å². The summed E-state index contributed by atoms with van der Waals surface area (Å²) in [6, 6.07) is 3.94. The monoisotopic (exact) mass is 204 g/mol. The van der Waals surface area contributed by atoms with Crippen LogP contribution in [-0.2, 0) is 7.05 Å². The van der Waals surface area contributed by atoms with Gasteiger partial charge in [-0.25, -0.2) is 0 Å². The van der Waals surface area contributed by atoms with Gasteiger partial charge in [-0.05, 0) is 23.4 Å². The highest BCUT2D eigenvalue weighted by Crippen LogP contribution is 2.25. The zero-order valence-corrected chi connectivity index (χ0v) is 8.45. The van der Waals surface area contributed by atoms with Gasteiger partial charge in [-0.15, -0.1) is 27.3 Å². The first-order chi connectivity index (χ1) is 6.79. The minimum absolute atomic E-state index is 0.654. The zero-order valence-electron chi connectivity index (χ0n) is 7.64. The number of nitrogens with zero attached hydrogens (tertiary/aromatic N) is 4. The van der Waals surface area contributed by atoms with E-state index < -0.39 is 0 Å². The molecule has 0 radical (unpaired) electrons. The quantitative estimate of drug-likeness (QED) is 0.700. The third kappa shape index (κ3) is 1.64. The van der Waals surface area contributed by atoms with Gasteiger partial charge in [0.05, 0.1) is 11.9 Å². The third-order valence-corrected chi connectivity index (χ3v) is 2.63. The lowest BCUT2D eigenvalue weighted by Gasteiger charge is -1.83. The summed E-state index contributed by atoms with van der Waals surface area (Å²) >= 11 is 1.59. The van der Waals surface area contributed by atoms with Crippen LogP contribution in [-0.4, -0.2) is 20.2 Å².